The molecule has 0 spiro atoms. The zero-order valence-electron chi connectivity index (χ0n) is 12.6. The first-order chi connectivity index (χ1) is 11.8. The quantitative estimate of drug-likeness (QED) is 0.746. The van der Waals surface area contributed by atoms with E-state index in [9.17, 15) is 4.39 Å². The van der Waals surface area contributed by atoms with E-state index >= 15 is 0 Å². The first-order valence-electron chi connectivity index (χ1n) is 7.51. The molecule has 0 radical (unpaired) electrons. The van der Waals surface area contributed by atoms with E-state index in [0.717, 1.165) is 52.6 Å². The largest absolute Gasteiger partial charge is 0.356 e. The number of thiazole rings is 2. The van der Waals surface area contributed by atoms with Gasteiger partial charge in [-0.2, -0.15) is 0 Å². The van der Waals surface area contributed by atoms with Gasteiger partial charge in [-0.1, -0.05) is 12.1 Å². The summed E-state index contributed by atoms with van der Waals surface area (Å²) in [6.45, 7) is 1.75. The second-order valence-corrected chi connectivity index (χ2v) is 6.94. The molecule has 0 fully saturated rings. The van der Waals surface area contributed by atoms with Crippen molar-refractivity contribution in [2.45, 2.75) is 6.42 Å². The van der Waals surface area contributed by atoms with Gasteiger partial charge in [0.15, 0.2) is 11.1 Å². The van der Waals surface area contributed by atoms with Crippen LogP contribution in [-0.2, 0) is 0 Å². The molecule has 122 valence electrons. The predicted molar refractivity (Wildman–Crippen MR) is 97.2 cm³/mol. The van der Waals surface area contributed by atoms with Crippen molar-refractivity contribution in [3.05, 3.63) is 40.8 Å². The van der Waals surface area contributed by atoms with Crippen molar-refractivity contribution >= 4 is 33.8 Å². The fraction of sp³-hybridized carbons (Fsp3) is 0.188. The zero-order valence-corrected chi connectivity index (χ0v) is 14.3. The summed E-state index contributed by atoms with van der Waals surface area (Å²) in [5, 5.41) is 11.8. The van der Waals surface area contributed by atoms with Gasteiger partial charge in [0.2, 0.25) is 0 Å². The SMILES string of the molecule is Fc1cccc(-c2nc(-c3csc(NC4=NCCCN4)n3)cs2)c1. The number of aliphatic imine (C=N–C) groups is 1. The number of nitrogens with zero attached hydrogens (tertiary/aromatic N) is 3. The lowest BCUT2D eigenvalue weighted by Crippen LogP contribution is -2.35. The van der Waals surface area contributed by atoms with Crippen LogP contribution in [0.4, 0.5) is 9.52 Å². The Labute approximate surface area is 146 Å². The van der Waals surface area contributed by atoms with Crippen molar-refractivity contribution in [2.75, 3.05) is 18.4 Å². The van der Waals surface area contributed by atoms with Crippen LogP contribution in [0.3, 0.4) is 0 Å². The van der Waals surface area contributed by atoms with Gasteiger partial charge < -0.3 is 10.6 Å². The molecule has 0 aliphatic carbocycles. The molecule has 0 saturated carbocycles. The third kappa shape index (κ3) is 3.29. The van der Waals surface area contributed by atoms with Gasteiger partial charge in [0, 0.05) is 29.4 Å². The first kappa shape index (κ1) is 15.2. The monoisotopic (exact) mass is 359 g/mol. The fourth-order valence-corrected chi connectivity index (χ4v) is 3.83. The maximum Gasteiger partial charge on any atom is 0.197 e. The van der Waals surface area contributed by atoms with Crippen LogP contribution in [0.5, 0.6) is 0 Å². The summed E-state index contributed by atoms with van der Waals surface area (Å²) in [6.07, 6.45) is 1.05. The fourth-order valence-electron chi connectivity index (χ4n) is 2.31. The first-order valence-corrected chi connectivity index (χ1v) is 9.26. The molecule has 1 aliphatic heterocycles. The summed E-state index contributed by atoms with van der Waals surface area (Å²) in [6, 6.07) is 6.46. The number of benzene rings is 1. The van der Waals surface area contributed by atoms with Gasteiger partial charge in [-0.05, 0) is 18.6 Å². The molecule has 0 bridgehead atoms. The highest BCUT2D eigenvalue weighted by Gasteiger charge is 2.12. The Morgan fingerprint density at radius 2 is 2.00 bits per heavy atom. The van der Waals surface area contributed by atoms with E-state index in [2.05, 4.69) is 25.6 Å². The number of hydrogen-bond donors (Lipinski definition) is 2. The average molecular weight is 359 g/mol. The normalized spacial score (nSPS) is 14.1. The summed E-state index contributed by atoms with van der Waals surface area (Å²) in [7, 11) is 0. The van der Waals surface area contributed by atoms with E-state index < -0.39 is 0 Å². The van der Waals surface area contributed by atoms with Crippen LogP contribution in [0, 0.1) is 5.82 Å². The molecule has 2 aromatic heterocycles. The summed E-state index contributed by atoms with van der Waals surface area (Å²) in [5.74, 6) is 0.506. The Morgan fingerprint density at radius 1 is 1.12 bits per heavy atom. The highest BCUT2D eigenvalue weighted by atomic mass is 32.1. The van der Waals surface area contributed by atoms with E-state index in [1.807, 2.05) is 16.8 Å². The number of rotatable bonds is 3. The number of halogens is 1. The van der Waals surface area contributed by atoms with E-state index in [1.165, 1.54) is 34.8 Å². The second-order valence-electron chi connectivity index (χ2n) is 5.22. The number of anilines is 1. The molecule has 8 heteroatoms. The van der Waals surface area contributed by atoms with Crippen molar-refractivity contribution in [3.63, 3.8) is 0 Å². The Morgan fingerprint density at radius 3 is 2.83 bits per heavy atom. The Balaban J connectivity index is 1.53. The molecule has 5 nitrogen and oxygen atoms in total. The Bertz CT molecular complexity index is 886. The minimum atomic E-state index is -0.259. The lowest BCUT2D eigenvalue weighted by Gasteiger charge is -2.13. The summed E-state index contributed by atoms with van der Waals surface area (Å²) >= 11 is 2.99. The van der Waals surface area contributed by atoms with Gasteiger partial charge in [-0.25, -0.2) is 14.4 Å². The Kier molecular flexibility index (Phi) is 4.22. The molecule has 3 heterocycles. The molecule has 3 aromatic rings. The van der Waals surface area contributed by atoms with Crippen LogP contribution in [0.1, 0.15) is 6.42 Å². The molecule has 0 unspecified atom stereocenters. The second kappa shape index (κ2) is 6.66. The van der Waals surface area contributed by atoms with Gasteiger partial charge in [0.1, 0.15) is 22.2 Å². The van der Waals surface area contributed by atoms with Crippen molar-refractivity contribution < 1.29 is 4.39 Å². The molecule has 1 aromatic carbocycles. The lowest BCUT2D eigenvalue weighted by atomic mass is 10.2. The van der Waals surface area contributed by atoms with Crippen LogP contribution in [0.25, 0.3) is 22.0 Å². The number of nitrogens with one attached hydrogen (secondary N) is 2. The third-order valence-corrected chi connectivity index (χ3v) is 5.11. The zero-order chi connectivity index (χ0) is 16.4. The number of hydrogen-bond acceptors (Lipinski definition) is 7. The van der Waals surface area contributed by atoms with Gasteiger partial charge in [0.05, 0.1) is 0 Å². The van der Waals surface area contributed by atoms with Gasteiger partial charge in [0.25, 0.3) is 0 Å². The molecule has 0 amide bonds. The molecule has 0 atom stereocenters. The molecule has 2 N–H and O–H groups in total. The molecule has 4 rings (SSSR count). The molecule has 1 aliphatic rings. The minimum absolute atomic E-state index is 0.259. The van der Waals surface area contributed by atoms with Crippen molar-refractivity contribution in [1.82, 2.24) is 15.3 Å². The van der Waals surface area contributed by atoms with Gasteiger partial charge in [-0.15, -0.1) is 22.7 Å². The smallest absolute Gasteiger partial charge is 0.197 e. The lowest BCUT2D eigenvalue weighted by molar-refractivity contribution is 0.628. The highest BCUT2D eigenvalue weighted by molar-refractivity contribution is 7.14. The summed E-state index contributed by atoms with van der Waals surface area (Å²) in [5.41, 5.74) is 2.38. The summed E-state index contributed by atoms with van der Waals surface area (Å²) in [4.78, 5) is 13.5. The minimum Gasteiger partial charge on any atom is -0.356 e. The van der Waals surface area contributed by atoms with Crippen molar-refractivity contribution in [3.8, 4) is 22.0 Å². The van der Waals surface area contributed by atoms with Crippen LogP contribution in [0.2, 0.25) is 0 Å². The van der Waals surface area contributed by atoms with Crippen LogP contribution < -0.4 is 10.6 Å². The van der Waals surface area contributed by atoms with E-state index in [0.29, 0.717) is 0 Å². The molecule has 24 heavy (non-hydrogen) atoms. The van der Waals surface area contributed by atoms with Crippen molar-refractivity contribution in [1.29, 1.82) is 0 Å². The summed E-state index contributed by atoms with van der Waals surface area (Å²) < 4.78 is 13.3. The van der Waals surface area contributed by atoms with Crippen LogP contribution >= 0.6 is 22.7 Å². The maximum absolute atomic E-state index is 13.3. The number of guanidine groups is 1. The van der Waals surface area contributed by atoms with E-state index in [4.69, 9.17) is 0 Å². The average Bonchev–Trinajstić information content (AvgIpc) is 3.25. The van der Waals surface area contributed by atoms with Gasteiger partial charge >= 0.3 is 0 Å². The van der Waals surface area contributed by atoms with E-state index in [1.54, 1.807) is 6.07 Å². The third-order valence-electron chi connectivity index (χ3n) is 3.46. The van der Waals surface area contributed by atoms with Crippen LogP contribution in [0.15, 0.2) is 40.0 Å². The van der Waals surface area contributed by atoms with Crippen molar-refractivity contribution in [2.24, 2.45) is 4.99 Å². The van der Waals surface area contributed by atoms with E-state index in [-0.39, 0.29) is 5.82 Å². The molecular weight excluding hydrogens is 345 g/mol. The van der Waals surface area contributed by atoms with Gasteiger partial charge in [-0.3, -0.25) is 4.99 Å². The standard InChI is InChI=1S/C16H14FN5S2/c17-11-4-1-3-10(7-11)14-20-12(8-23-14)13-9-24-16(21-13)22-15-18-5-2-6-19-15/h1,3-4,7-9H,2,5-6H2,(H2,18,19,21,22). The topological polar surface area (TPSA) is 62.2 Å². The predicted octanol–water partition coefficient (Wildman–Crippen LogP) is 3.83. The number of aromatic nitrogens is 2. The van der Waals surface area contributed by atoms with Crippen LogP contribution in [-0.4, -0.2) is 29.0 Å². The molecular formula is C16H14FN5S2. The Hall–Kier alpha value is -2.32. The maximum atomic E-state index is 13.3. The molecule has 0 saturated heterocycles. The highest BCUT2D eigenvalue weighted by Crippen LogP contribution is 2.30.